The second-order valence-electron chi connectivity index (χ2n) is 10.5. The van der Waals surface area contributed by atoms with Gasteiger partial charge in [0.2, 0.25) is 0 Å². The molecular formula is C33H27N5O4. The molecule has 2 aliphatic carbocycles. The van der Waals surface area contributed by atoms with Crippen LogP contribution in [0.1, 0.15) is 46.0 Å². The van der Waals surface area contributed by atoms with E-state index in [-0.39, 0.29) is 30.9 Å². The maximum atomic E-state index is 13.6. The molecule has 7 rings (SSSR count). The first kappa shape index (κ1) is 25.8. The van der Waals surface area contributed by atoms with Gasteiger partial charge in [-0.3, -0.25) is 9.59 Å². The fourth-order valence-corrected chi connectivity index (χ4v) is 6.24. The Balaban J connectivity index is 1.12. The molecule has 3 N–H and O–H groups in total. The lowest BCUT2D eigenvalue weighted by Gasteiger charge is -2.22. The van der Waals surface area contributed by atoms with Crippen molar-refractivity contribution in [1.82, 2.24) is 20.6 Å². The molecule has 1 aromatic heterocycles. The number of nitrogens with one attached hydrogen (secondary N) is 1. The lowest BCUT2D eigenvalue weighted by molar-refractivity contribution is -0.163. The van der Waals surface area contributed by atoms with Gasteiger partial charge in [-0.1, -0.05) is 102 Å². The molecule has 9 heteroatoms. The molecule has 0 radical (unpaired) electrons. The molecule has 0 amide bonds. The number of hydrogen-bond donors (Lipinski definition) is 2. The van der Waals surface area contributed by atoms with Crippen LogP contribution in [0.3, 0.4) is 0 Å². The molecule has 9 nitrogen and oxygen atoms in total. The average Bonchev–Trinajstić information content (AvgIpc) is 3.75. The Morgan fingerprint density at radius 3 is 1.40 bits per heavy atom. The van der Waals surface area contributed by atoms with Gasteiger partial charge in [0.25, 0.3) is 0 Å². The highest BCUT2D eigenvalue weighted by atomic mass is 16.6. The number of carbonyl (C=O) groups is 2. The third-order valence-electron chi connectivity index (χ3n) is 8.24. The van der Waals surface area contributed by atoms with E-state index in [1.807, 2.05) is 72.8 Å². The molecule has 0 bridgehead atoms. The summed E-state index contributed by atoms with van der Waals surface area (Å²) in [4.78, 5) is 27.2. The molecular weight excluding hydrogens is 530 g/mol. The first-order valence-electron chi connectivity index (χ1n) is 13.8. The van der Waals surface area contributed by atoms with Gasteiger partial charge in [0.1, 0.15) is 13.2 Å². The topological polar surface area (TPSA) is 133 Å². The van der Waals surface area contributed by atoms with Crippen molar-refractivity contribution < 1.29 is 19.1 Å². The van der Waals surface area contributed by atoms with E-state index in [2.05, 4.69) is 44.9 Å². The second kappa shape index (κ2) is 10.7. The minimum Gasteiger partial charge on any atom is -0.464 e. The molecule has 0 saturated carbocycles. The van der Waals surface area contributed by atoms with Crippen LogP contribution in [0, 0.1) is 5.92 Å². The lowest BCUT2D eigenvalue weighted by atomic mass is 9.96. The Bertz CT molecular complexity index is 1590. The summed E-state index contributed by atoms with van der Waals surface area (Å²) in [6.07, 6.45) is 0. The first-order chi connectivity index (χ1) is 20.6. The summed E-state index contributed by atoms with van der Waals surface area (Å²) in [7, 11) is 0. The molecule has 1 unspecified atom stereocenters. The number of benzene rings is 4. The Morgan fingerprint density at radius 1 is 0.667 bits per heavy atom. The van der Waals surface area contributed by atoms with Gasteiger partial charge in [0, 0.05) is 11.8 Å². The average molecular weight is 558 g/mol. The molecule has 2 aliphatic rings. The zero-order valence-electron chi connectivity index (χ0n) is 22.5. The van der Waals surface area contributed by atoms with Gasteiger partial charge < -0.3 is 15.2 Å². The number of aromatic amines is 1. The fraction of sp³-hybridized carbons (Fsp3) is 0.182. The van der Waals surface area contributed by atoms with Gasteiger partial charge in [-0.25, -0.2) is 0 Å². The van der Waals surface area contributed by atoms with Crippen LogP contribution in [0.5, 0.6) is 0 Å². The van der Waals surface area contributed by atoms with Crippen molar-refractivity contribution in [2.75, 3.05) is 13.2 Å². The predicted octanol–water partition coefficient (Wildman–Crippen LogP) is 4.53. The van der Waals surface area contributed by atoms with E-state index in [4.69, 9.17) is 15.2 Å². The van der Waals surface area contributed by atoms with Gasteiger partial charge in [0.05, 0.1) is 6.04 Å². The van der Waals surface area contributed by atoms with Gasteiger partial charge in [-0.05, 0) is 44.5 Å². The quantitative estimate of drug-likeness (QED) is 0.210. The van der Waals surface area contributed by atoms with E-state index in [1.54, 1.807) is 0 Å². The van der Waals surface area contributed by atoms with E-state index in [0.29, 0.717) is 0 Å². The second-order valence-corrected chi connectivity index (χ2v) is 10.5. The largest absolute Gasteiger partial charge is 0.464 e. The summed E-state index contributed by atoms with van der Waals surface area (Å²) in [5, 5.41) is 13.7. The van der Waals surface area contributed by atoms with Crippen LogP contribution in [-0.4, -0.2) is 45.8 Å². The summed E-state index contributed by atoms with van der Waals surface area (Å²) in [6.45, 7) is 0.0813. The Hall–Kier alpha value is -5.15. The number of rotatable bonds is 8. The van der Waals surface area contributed by atoms with Crippen molar-refractivity contribution in [2.45, 2.75) is 17.9 Å². The fourth-order valence-electron chi connectivity index (χ4n) is 6.24. The number of H-pyrrole nitrogens is 1. The number of nitrogens with two attached hydrogens (primary N) is 1. The number of ether oxygens (including phenoxy) is 2. The van der Waals surface area contributed by atoms with Crippen LogP contribution >= 0.6 is 0 Å². The maximum Gasteiger partial charge on any atom is 0.322 e. The smallest absolute Gasteiger partial charge is 0.322 e. The van der Waals surface area contributed by atoms with Crippen molar-refractivity contribution >= 4 is 11.9 Å². The highest BCUT2D eigenvalue weighted by molar-refractivity contribution is 5.96. The molecule has 0 spiro atoms. The molecule has 5 aromatic rings. The summed E-state index contributed by atoms with van der Waals surface area (Å²) in [5.41, 5.74) is 15.0. The number of aromatic nitrogens is 4. The van der Waals surface area contributed by atoms with Crippen LogP contribution in [0.15, 0.2) is 97.1 Å². The molecule has 1 heterocycles. The molecule has 4 aromatic carbocycles. The molecule has 0 saturated heterocycles. The summed E-state index contributed by atoms with van der Waals surface area (Å²) in [6, 6.07) is 30.9. The van der Waals surface area contributed by atoms with E-state index < -0.39 is 23.9 Å². The SMILES string of the molecule is NC(c1nn[nH]n1)C(C(=O)OCC1c2ccccc2-c2ccccc21)C(=O)OCC1c2ccccc2-c2ccccc21. The zero-order chi connectivity index (χ0) is 28.6. The van der Waals surface area contributed by atoms with Crippen LogP contribution in [0.25, 0.3) is 22.3 Å². The third kappa shape index (κ3) is 4.35. The van der Waals surface area contributed by atoms with Crippen LogP contribution in [-0.2, 0) is 19.1 Å². The normalized spacial score (nSPS) is 14.1. The zero-order valence-corrected chi connectivity index (χ0v) is 22.5. The Labute approximate surface area is 241 Å². The molecule has 1 atom stereocenters. The highest BCUT2D eigenvalue weighted by Gasteiger charge is 2.41. The number of hydrogen-bond acceptors (Lipinski definition) is 8. The van der Waals surface area contributed by atoms with Gasteiger partial charge >= 0.3 is 11.9 Å². The van der Waals surface area contributed by atoms with Gasteiger partial charge in [0.15, 0.2) is 11.7 Å². The van der Waals surface area contributed by atoms with Crippen LogP contribution < -0.4 is 5.73 Å². The molecule has 0 fully saturated rings. The number of carbonyl (C=O) groups excluding carboxylic acids is 2. The van der Waals surface area contributed by atoms with E-state index in [9.17, 15) is 9.59 Å². The summed E-state index contributed by atoms with van der Waals surface area (Å²) >= 11 is 0. The van der Waals surface area contributed by atoms with Gasteiger partial charge in [-0.2, -0.15) is 5.21 Å². The van der Waals surface area contributed by atoms with E-state index in [0.717, 1.165) is 44.5 Å². The monoisotopic (exact) mass is 557 g/mol. The maximum absolute atomic E-state index is 13.6. The Morgan fingerprint density at radius 2 is 1.05 bits per heavy atom. The van der Waals surface area contributed by atoms with Crippen molar-refractivity contribution in [3.8, 4) is 22.3 Å². The summed E-state index contributed by atoms with van der Waals surface area (Å²) < 4.78 is 11.6. The highest BCUT2D eigenvalue weighted by Crippen LogP contribution is 2.46. The minimum absolute atomic E-state index is 0.0158. The predicted molar refractivity (Wildman–Crippen MR) is 154 cm³/mol. The van der Waals surface area contributed by atoms with Crippen molar-refractivity contribution in [3.63, 3.8) is 0 Å². The standard InChI is InChI=1S/C33H27N5O4/c34-30(31-35-37-38-36-31)29(32(39)41-17-27-23-13-5-1-9-19(23)20-10-2-6-14-24(20)27)33(40)42-18-28-25-15-7-3-11-21(25)22-12-4-8-16-26(22)28/h1-16,27-30H,17-18,34H2,(H,35,36,37,38). The van der Waals surface area contributed by atoms with Crippen molar-refractivity contribution in [2.24, 2.45) is 11.7 Å². The first-order valence-corrected chi connectivity index (χ1v) is 13.8. The van der Waals surface area contributed by atoms with E-state index in [1.165, 1.54) is 0 Å². The van der Waals surface area contributed by atoms with Crippen molar-refractivity contribution in [1.29, 1.82) is 0 Å². The number of esters is 2. The van der Waals surface area contributed by atoms with Crippen molar-refractivity contribution in [3.05, 3.63) is 125 Å². The van der Waals surface area contributed by atoms with Gasteiger partial charge in [-0.15, -0.1) is 10.2 Å². The molecule has 0 aliphatic heterocycles. The molecule has 42 heavy (non-hydrogen) atoms. The number of fused-ring (bicyclic) bond motifs is 6. The van der Waals surface area contributed by atoms with E-state index >= 15 is 0 Å². The lowest BCUT2D eigenvalue weighted by Crippen LogP contribution is -2.38. The number of nitrogens with zero attached hydrogens (tertiary/aromatic N) is 3. The summed E-state index contributed by atoms with van der Waals surface area (Å²) in [5.74, 6) is -3.42. The Kier molecular flexibility index (Phi) is 6.56. The third-order valence-corrected chi connectivity index (χ3v) is 8.24. The van der Waals surface area contributed by atoms with Crippen LogP contribution in [0.2, 0.25) is 0 Å². The number of tetrazole rings is 1. The molecule has 208 valence electrons. The van der Waals surface area contributed by atoms with Crippen LogP contribution in [0.4, 0.5) is 0 Å². The minimum atomic E-state index is -1.48.